The predicted octanol–water partition coefficient (Wildman–Crippen LogP) is 6.05. The van der Waals surface area contributed by atoms with Gasteiger partial charge in [0.25, 0.3) is 0 Å². The molecule has 0 spiro atoms. The van der Waals surface area contributed by atoms with Crippen LogP contribution in [0.1, 0.15) is 0 Å². The van der Waals surface area contributed by atoms with Crippen molar-refractivity contribution in [2.45, 2.75) is 0 Å². The predicted molar refractivity (Wildman–Crippen MR) is 104 cm³/mol. The smallest absolute Gasteiger partial charge is 0.0709 e. The first-order valence-electron chi connectivity index (χ1n) is 8.42. The van der Waals surface area contributed by atoms with Crippen molar-refractivity contribution in [3.8, 4) is 22.5 Å². The highest BCUT2D eigenvalue weighted by atomic mass is 14.7. The zero-order valence-electron chi connectivity index (χ0n) is 13.6. The van der Waals surface area contributed by atoms with E-state index in [0.717, 1.165) is 28.0 Å². The van der Waals surface area contributed by atoms with Crippen molar-refractivity contribution in [3.63, 3.8) is 0 Å². The topological polar surface area (TPSA) is 28.7 Å². The molecule has 0 aliphatic heterocycles. The molecule has 0 saturated heterocycles. The van der Waals surface area contributed by atoms with Gasteiger partial charge in [-0.05, 0) is 30.3 Å². The maximum Gasteiger partial charge on any atom is 0.0709 e. The first kappa shape index (κ1) is 14.0. The maximum absolute atomic E-state index is 4.87. The number of nitrogens with zero attached hydrogens (tertiary/aromatic N) is 1. The van der Waals surface area contributed by atoms with Crippen LogP contribution in [0.5, 0.6) is 0 Å². The summed E-state index contributed by atoms with van der Waals surface area (Å²) in [7, 11) is 0. The molecule has 0 atom stereocenters. The van der Waals surface area contributed by atoms with Gasteiger partial charge < -0.3 is 4.98 Å². The molecule has 0 saturated carbocycles. The van der Waals surface area contributed by atoms with Crippen LogP contribution in [0, 0.1) is 0 Å². The van der Waals surface area contributed by atoms with Crippen molar-refractivity contribution in [1.82, 2.24) is 9.97 Å². The standard InChI is InChI=1S/C23H16N2/c1-2-7-16(8-3-1)20-11-6-12-21(24-20)17-13-14-23-19(15-17)18-9-4-5-10-22(18)25-23/h1-15,25H. The number of hydrogen-bond donors (Lipinski definition) is 1. The largest absolute Gasteiger partial charge is 0.355 e. The SMILES string of the molecule is c1ccc(-c2cccc(-c3ccc4[nH]c5ccccc5c4c3)n2)cc1. The minimum Gasteiger partial charge on any atom is -0.355 e. The van der Waals surface area contributed by atoms with Crippen LogP contribution in [-0.2, 0) is 0 Å². The van der Waals surface area contributed by atoms with Gasteiger partial charge in [0.2, 0.25) is 0 Å². The summed E-state index contributed by atoms with van der Waals surface area (Å²) in [5.41, 5.74) is 6.59. The number of benzene rings is 3. The molecule has 3 aromatic carbocycles. The molecule has 2 aromatic heterocycles. The second-order valence-corrected chi connectivity index (χ2v) is 6.21. The average molecular weight is 320 g/mol. The number of aromatic amines is 1. The Bertz CT molecular complexity index is 1190. The molecule has 0 aliphatic rings. The van der Waals surface area contributed by atoms with Crippen LogP contribution >= 0.6 is 0 Å². The lowest BCUT2D eigenvalue weighted by Crippen LogP contribution is -1.87. The summed E-state index contributed by atoms with van der Waals surface area (Å²) in [5.74, 6) is 0. The van der Waals surface area contributed by atoms with Crippen LogP contribution in [0.25, 0.3) is 44.3 Å². The van der Waals surface area contributed by atoms with Crippen molar-refractivity contribution in [1.29, 1.82) is 0 Å². The van der Waals surface area contributed by atoms with E-state index in [4.69, 9.17) is 4.98 Å². The first-order chi connectivity index (χ1) is 12.4. The average Bonchev–Trinajstić information content (AvgIpc) is 3.07. The number of nitrogens with one attached hydrogen (secondary N) is 1. The summed E-state index contributed by atoms with van der Waals surface area (Å²) in [4.78, 5) is 8.35. The molecular formula is C23H16N2. The number of hydrogen-bond acceptors (Lipinski definition) is 1. The van der Waals surface area contributed by atoms with E-state index in [1.165, 1.54) is 16.3 Å². The Kier molecular flexibility index (Phi) is 3.14. The third-order valence-corrected chi connectivity index (χ3v) is 4.62. The fourth-order valence-electron chi connectivity index (χ4n) is 3.37. The van der Waals surface area contributed by atoms with Crippen molar-refractivity contribution in [2.24, 2.45) is 0 Å². The monoisotopic (exact) mass is 320 g/mol. The van der Waals surface area contributed by atoms with E-state index in [9.17, 15) is 0 Å². The molecule has 25 heavy (non-hydrogen) atoms. The Hall–Kier alpha value is -3.39. The van der Waals surface area contributed by atoms with Gasteiger partial charge in [0, 0.05) is 32.9 Å². The van der Waals surface area contributed by atoms with Gasteiger partial charge in [-0.3, -0.25) is 0 Å². The van der Waals surface area contributed by atoms with E-state index >= 15 is 0 Å². The Labute approximate surface area is 145 Å². The van der Waals surface area contributed by atoms with Crippen LogP contribution < -0.4 is 0 Å². The molecule has 0 radical (unpaired) electrons. The van der Waals surface area contributed by atoms with E-state index < -0.39 is 0 Å². The molecule has 0 aliphatic carbocycles. The van der Waals surface area contributed by atoms with Gasteiger partial charge in [0.15, 0.2) is 0 Å². The quantitative estimate of drug-likeness (QED) is 0.421. The lowest BCUT2D eigenvalue weighted by Gasteiger charge is -2.05. The maximum atomic E-state index is 4.87. The molecule has 0 unspecified atom stereocenters. The summed E-state index contributed by atoms with van der Waals surface area (Å²) in [6.07, 6.45) is 0. The second-order valence-electron chi connectivity index (χ2n) is 6.21. The number of rotatable bonds is 2. The second kappa shape index (κ2) is 5.60. The highest BCUT2D eigenvalue weighted by Crippen LogP contribution is 2.30. The molecule has 5 aromatic rings. The zero-order chi connectivity index (χ0) is 16.6. The van der Waals surface area contributed by atoms with Gasteiger partial charge in [0.1, 0.15) is 0 Å². The van der Waals surface area contributed by atoms with Gasteiger partial charge in [-0.1, -0.05) is 60.7 Å². The van der Waals surface area contributed by atoms with Crippen molar-refractivity contribution >= 4 is 21.8 Å². The molecule has 5 rings (SSSR count). The van der Waals surface area contributed by atoms with Gasteiger partial charge in [-0.15, -0.1) is 0 Å². The summed E-state index contributed by atoms with van der Waals surface area (Å²) < 4.78 is 0. The Balaban J connectivity index is 1.67. The molecule has 0 amide bonds. The highest BCUT2D eigenvalue weighted by molar-refractivity contribution is 6.08. The van der Waals surface area contributed by atoms with Crippen LogP contribution in [0.2, 0.25) is 0 Å². The molecule has 1 N–H and O–H groups in total. The molecule has 118 valence electrons. The summed E-state index contributed by atoms with van der Waals surface area (Å²) in [6.45, 7) is 0. The van der Waals surface area contributed by atoms with Gasteiger partial charge in [-0.2, -0.15) is 0 Å². The minimum absolute atomic E-state index is 0.994. The minimum atomic E-state index is 0.994. The third kappa shape index (κ3) is 2.39. The fourth-order valence-corrected chi connectivity index (χ4v) is 3.37. The van der Waals surface area contributed by atoms with Crippen molar-refractivity contribution in [3.05, 3.63) is 91.0 Å². The molecule has 0 bridgehead atoms. The lowest BCUT2D eigenvalue weighted by molar-refractivity contribution is 1.32. The van der Waals surface area contributed by atoms with E-state index in [0.29, 0.717) is 0 Å². The molecule has 2 heterocycles. The summed E-state index contributed by atoms with van der Waals surface area (Å²) in [6, 6.07) is 31.4. The molecule has 2 nitrogen and oxygen atoms in total. The van der Waals surface area contributed by atoms with Crippen LogP contribution in [0.15, 0.2) is 91.0 Å². The lowest BCUT2D eigenvalue weighted by atomic mass is 10.1. The number of H-pyrrole nitrogens is 1. The number of pyridine rings is 1. The van der Waals surface area contributed by atoms with Crippen molar-refractivity contribution < 1.29 is 0 Å². The van der Waals surface area contributed by atoms with Crippen LogP contribution in [-0.4, -0.2) is 9.97 Å². The number of para-hydroxylation sites is 1. The Morgan fingerprint density at radius 1 is 0.520 bits per heavy atom. The van der Waals surface area contributed by atoms with E-state index in [1.807, 2.05) is 18.2 Å². The van der Waals surface area contributed by atoms with Crippen LogP contribution in [0.3, 0.4) is 0 Å². The first-order valence-corrected chi connectivity index (χ1v) is 8.42. The van der Waals surface area contributed by atoms with Gasteiger partial charge >= 0.3 is 0 Å². The summed E-state index contributed by atoms with van der Waals surface area (Å²) >= 11 is 0. The van der Waals surface area contributed by atoms with E-state index in [-0.39, 0.29) is 0 Å². The zero-order valence-corrected chi connectivity index (χ0v) is 13.6. The van der Waals surface area contributed by atoms with Gasteiger partial charge in [0.05, 0.1) is 11.4 Å². The Morgan fingerprint density at radius 3 is 2.12 bits per heavy atom. The Morgan fingerprint density at radius 2 is 1.24 bits per heavy atom. The molecular weight excluding hydrogens is 304 g/mol. The molecule has 2 heteroatoms. The van der Waals surface area contributed by atoms with Crippen LogP contribution in [0.4, 0.5) is 0 Å². The highest BCUT2D eigenvalue weighted by Gasteiger charge is 2.07. The third-order valence-electron chi connectivity index (χ3n) is 4.62. The van der Waals surface area contributed by atoms with Gasteiger partial charge in [-0.25, -0.2) is 4.98 Å². The van der Waals surface area contributed by atoms with Crippen molar-refractivity contribution in [2.75, 3.05) is 0 Å². The normalized spacial score (nSPS) is 11.2. The van der Waals surface area contributed by atoms with E-state index in [2.05, 4.69) is 77.8 Å². The summed E-state index contributed by atoms with van der Waals surface area (Å²) in [5, 5.41) is 2.48. The number of aromatic nitrogens is 2. The molecule has 0 fully saturated rings. The fraction of sp³-hybridized carbons (Fsp3) is 0. The number of fused-ring (bicyclic) bond motifs is 3. The van der Waals surface area contributed by atoms with E-state index in [1.54, 1.807) is 0 Å².